The molecule has 7 nitrogen and oxygen atoms in total. The van der Waals surface area contributed by atoms with Crippen molar-refractivity contribution in [3.8, 4) is 0 Å². The van der Waals surface area contributed by atoms with Crippen LogP contribution in [0.1, 0.15) is 43.7 Å². The van der Waals surface area contributed by atoms with E-state index < -0.39 is 23.3 Å². The molecule has 2 aromatic carbocycles. The zero-order valence-corrected chi connectivity index (χ0v) is 19.7. The van der Waals surface area contributed by atoms with Crippen molar-refractivity contribution in [1.82, 2.24) is 4.90 Å². The number of hydrogen-bond donors (Lipinski definition) is 2. The van der Waals surface area contributed by atoms with E-state index in [9.17, 15) is 14.4 Å². The fourth-order valence-electron chi connectivity index (χ4n) is 4.46. The molecule has 0 bridgehead atoms. The summed E-state index contributed by atoms with van der Waals surface area (Å²) in [6, 6.07) is 14.6. The van der Waals surface area contributed by atoms with E-state index in [-0.39, 0.29) is 12.5 Å². The maximum Gasteiger partial charge on any atom is 0.411 e. The molecule has 8 heteroatoms. The first-order valence-electron chi connectivity index (χ1n) is 11.1. The second-order valence-electron chi connectivity index (χ2n) is 8.48. The van der Waals surface area contributed by atoms with Gasteiger partial charge in [-0.05, 0) is 48.6 Å². The van der Waals surface area contributed by atoms with Crippen LogP contribution in [0.5, 0.6) is 0 Å². The summed E-state index contributed by atoms with van der Waals surface area (Å²) in [5.74, 6) is -1.35. The second-order valence-corrected chi connectivity index (χ2v) is 8.88. The van der Waals surface area contributed by atoms with Gasteiger partial charge in [0.25, 0.3) is 0 Å². The van der Waals surface area contributed by atoms with E-state index in [0.29, 0.717) is 42.2 Å². The molecule has 1 fully saturated rings. The van der Waals surface area contributed by atoms with Crippen LogP contribution in [-0.4, -0.2) is 42.5 Å². The lowest BCUT2D eigenvalue weighted by molar-refractivity contribution is -0.133. The van der Waals surface area contributed by atoms with Crippen LogP contribution in [0.15, 0.2) is 48.5 Å². The van der Waals surface area contributed by atoms with Gasteiger partial charge in [-0.1, -0.05) is 48.9 Å². The molecule has 0 spiro atoms. The average Bonchev–Trinajstić information content (AvgIpc) is 2.80. The van der Waals surface area contributed by atoms with Crippen LogP contribution < -0.4 is 11.1 Å². The monoisotopic (exact) mass is 471 g/mol. The number of carbonyl (C=O) groups is 3. The van der Waals surface area contributed by atoms with E-state index in [1.807, 2.05) is 24.3 Å². The van der Waals surface area contributed by atoms with Crippen molar-refractivity contribution >= 4 is 35.2 Å². The van der Waals surface area contributed by atoms with E-state index in [4.69, 9.17) is 22.1 Å². The van der Waals surface area contributed by atoms with E-state index in [0.717, 1.165) is 12.0 Å². The Bertz CT molecular complexity index is 1000. The Morgan fingerprint density at radius 2 is 1.76 bits per heavy atom. The fourth-order valence-corrected chi connectivity index (χ4v) is 4.71. The number of hydrogen-bond acceptors (Lipinski definition) is 4. The van der Waals surface area contributed by atoms with E-state index >= 15 is 0 Å². The predicted octanol–water partition coefficient (Wildman–Crippen LogP) is 4.35. The Kier molecular flexibility index (Phi) is 7.97. The molecule has 1 atom stereocenters. The summed E-state index contributed by atoms with van der Waals surface area (Å²) in [7, 11) is 0. The molecule has 33 heavy (non-hydrogen) atoms. The minimum atomic E-state index is -0.786. The first-order valence-corrected chi connectivity index (χ1v) is 11.5. The molecule has 3 rings (SSSR count). The minimum Gasteiger partial charge on any atom is -0.449 e. The third-order valence-corrected chi connectivity index (χ3v) is 6.76. The first-order chi connectivity index (χ1) is 15.8. The van der Waals surface area contributed by atoms with Crippen LogP contribution in [0.25, 0.3) is 0 Å². The van der Waals surface area contributed by atoms with Crippen molar-refractivity contribution in [2.24, 2.45) is 11.1 Å². The van der Waals surface area contributed by atoms with Crippen LogP contribution in [0.2, 0.25) is 5.02 Å². The summed E-state index contributed by atoms with van der Waals surface area (Å²) < 4.78 is 5.63. The lowest BCUT2D eigenvalue weighted by atomic mass is 9.66. The van der Waals surface area contributed by atoms with Crippen LogP contribution in [0, 0.1) is 5.41 Å². The number of primary amides is 1. The number of halogens is 1. The number of aryl methyl sites for hydroxylation is 1. The van der Waals surface area contributed by atoms with Gasteiger partial charge in [0, 0.05) is 36.1 Å². The molecule has 3 N–H and O–H groups in total. The molecule has 2 aromatic rings. The van der Waals surface area contributed by atoms with Crippen molar-refractivity contribution in [1.29, 1.82) is 0 Å². The molecule has 0 aliphatic carbocycles. The van der Waals surface area contributed by atoms with Gasteiger partial charge in [0.15, 0.2) is 0 Å². The molecule has 0 saturated carbocycles. The number of piperidine rings is 1. The number of anilines is 1. The maximum absolute atomic E-state index is 12.7. The third-order valence-electron chi connectivity index (χ3n) is 6.42. The smallest absolute Gasteiger partial charge is 0.411 e. The van der Waals surface area contributed by atoms with Crippen LogP contribution >= 0.6 is 11.6 Å². The number of benzene rings is 2. The van der Waals surface area contributed by atoms with Gasteiger partial charge in [-0.15, -0.1) is 0 Å². The van der Waals surface area contributed by atoms with Gasteiger partial charge in [0.05, 0.1) is 5.92 Å². The number of amides is 3. The van der Waals surface area contributed by atoms with E-state index in [1.54, 1.807) is 29.2 Å². The van der Waals surface area contributed by atoms with Gasteiger partial charge >= 0.3 is 6.09 Å². The second kappa shape index (κ2) is 10.7. The quantitative estimate of drug-likeness (QED) is 0.626. The van der Waals surface area contributed by atoms with Crippen molar-refractivity contribution in [2.75, 3.05) is 25.0 Å². The molecule has 1 heterocycles. The third kappa shape index (κ3) is 5.85. The number of nitrogens with one attached hydrogen (secondary N) is 1. The summed E-state index contributed by atoms with van der Waals surface area (Å²) in [5, 5.41) is 3.15. The van der Waals surface area contributed by atoms with Crippen LogP contribution in [-0.2, 0) is 20.7 Å². The molecule has 1 saturated heterocycles. The number of rotatable bonds is 7. The number of ether oxygens (including phenoxy) is 1. The zero-order valence-electron chi connectivity index (χ0n) is 19.0. The Morgan fingerprint density at radius 1 is 1.12 bits per heavy atom. The highest BCUT2D eigenvalue weighted by molar-refractivity contribution is 6.31. The van der Waals surface area contributed by atoms with Gasteiger partial charge in [0.2, 0.25) is 11.8 Å². The summed E-state index contributed by atoms with van der Waals surface area (Å²) in [4.78, 5) is 38.9. The van der Waals surface area contributed by atoms with Crippen LogP contribution in [0.3, 0.4) is 0 Å². The standard InChI is InChI=1S/C25H30ClN3O4/c1-3-18-8-10-19(11-9-18)28-24(32)33-16-25(12-14-29(15-13-25)17(2)30)22(23(27)31)20-6-4-5-7-21(20)26/h4-11,22H,3,12-16H2,1-2H3,(H2,27,31)(H,28,32). The summed E-state index contributed by atoms with van der Waals surface area (Å²) in [5.41, 5.74) is 7.47. The van der Waals surface area contributed by atoms with Gasteiger partial charge in [-0.2, -0.15) is 0 Å². The molecule has 0 radical (unpaired) electrons. The zero-order chi connectivity index (χ0) is 24.0. The van der Waals surface area contributed by atoms with Crippen molar-refractivity contribution in [2.45, 2.75) is 39.0 Å². The molecule has 1 aliphatic heterocycles. The first kappa shape index (κ1) is 24.6. The van der Waals surface area contributed by atoms with Gasteiger partial charge in [0.1, 0.15) is 6.61 Å². The van der Waals surface area contributed by atoms with Crippen molar-refractivity contribution < 1.29 is 19.1 Å². The number of nitrogens with zero attached hydrogens (tertiary/aromatic N) is 1. The molecular formula is C25H30ClN3O4. The Labute approximate surface area is 199 Å². The van der Waals surface area contributed by atoms with Crippen molar-refractivity contribution in [3.63, 3.8) is 0 Å². The molecule has 0 aromatic heterocycles. The molecule has 3 amide bonds. The molecule has 176 valence electrons. The Balaban J connectivity index is 1.82. The minimum absolute atomic E-state index is 0.0313. The number of nitrogens with two attached hydrogens (primary N) is 1. The molecular weight excluding hydrogens is 442 g/mol. The Hall–Kier alpha value is -3.06. The lowest BCUT2D eigenvalue weighted by Gasteiger charge is -2.45. The largest absolute Gasteiger partial charge is 0.449 e. The molecule has 1 aliphatic rings. The number of likely N-dealkylation sites (tertiary alicyclic amines) is 1. The van der Waals surface area contributed by atoms with Gasteiger partial charge in [-0.25, -0.2) is 4.79 Å². The highest BCUT2D eigenvalue weighted by Gasteiger charge is 2.47. The van der Waals surface area contributed by atoms with Crippen molar-refractivity contribution in [3.05, 3.63) is 64.7 Å². The highest BCUT2D eigenvalue weighted by Crippen LogP contribution is 2.46. The Morgan fingerprint density at radius 3 is 2.30 bits per heavy atom. The maximum atomic E-state index is 12.7. The SMILES string of the molecule is CCc1ccc(NC(=O)OCC2(C(C(N)=O)c3ccccc3Cl)CCN(C(C)=O)CC2)cc1. The van der Waals surface area contributed by atoms with E-state index in [2.05, 4.69) is 12.2 Å². The van der Waals surface area contributed by atoms with Gasteiger partial charge < -0.3 is 15.4 Å². The van der Waals surface area contributed by atoms with E-state index in [1.165, 1.54) is 6.92 Å². The average molecular weight is 472 g/mol. The summed E-state index contributed by atoms with van der Waals surface area (Å²) in [6.07, 6.45) is 1.18. The lowest BCUT2D eigenvalue weighted by Crippen LogP contribution is -2.50. The highest BCUT2D eigenvalue weighted by atomic mass is 35.5. The number of carbonyl (C=O) groups excluding carboxylic acids is 3. The fraction of sp³-hybridized carbons (Fsp3) is 0.400. The normalized spacial score (nSPS) is 16.0. The molecule has 1 unspecified atom stereocenters. The summed E-state index contributed by atoms with van der Waals surface area (Å²) >= 11 is 6.43. The van der Waals surface area contributed by atoms with Gasteiger partial charge in [-0.3, -0.25) is 14.9 Å². The topological polar surface area (TPSA) is 102 Å². The predicted molar refractivity (Wildman–Crippen MR) is 128 cm³/mol. The van der Waals surface area contributed by atoms with Crippen LogP contribution in [0.4, 0.5) is 10.5 Å². The summed E-state index contributed by atoms with van der Waals surface area (Å²) in [6.45, 7) is 4.42.